The molecule has 0 saturated carbocycles. The van der Waals surface area contributed by atoms with Crippen LogP contribution < -0.4 is 10.1 Å². The Labute approximate surface area is 131 Å². The van der Waals surface area contributed by atoms with Crippen molar-refractivity contribution in [2.24, 2.45) is 0 Å². The van der Waals surface area contributed by atoms with Crippen LogP contribution in [0.3, 0.4) is 0 Å². The van der Waals surface area contributed by atoms with Crippen molar-refractivity contribution in [2.75, 3.05) is 7.05 Å². The normalized spacial score (nSPS) is 10.6. The minimum atomic E-state index is -0.278. The molecule has 0 aliphatic carbocycles. The van der Waals surface area contributed by atoms with E-state index in [1.807, 2.05) is 25.2 Å². The number of hydrogen-bond acceptors (Lipinski definition) is 2. The fourth-order valence-electron chi connectivity index (χ4n) is 1.82. The molecule has 0 amide bonds. The van der Waals surface area contributed by atoms with E-state index in [4.69, 9.17) is 16.3 Å². The van der Waals surface area contributed by atoms with Crippen LogP contribution in [0.2, 0.25) is 5.02 Å². The predicted octanol–water partition coefficient (Wildman–Crippen LogP) is 4.54. The second kappa shape index (κ2) is 7.07. The Morgan fingerprint density at radius 1 is 1.30 bits per heavy atom. The van der Waals surface area contributed by atoms with Crippen molar-refractivity contribution in [3.8, 4) is 5.75 Å². The van der Waals surface area contributed by atoms with E-state index in [0.29, 0.717) is 22.6 Å². The highest BCUT2D eigenvalue weighted by Gasteiger charge is 2.09. The summed E-state index contributed by atoms with van der Waals surface area (Å²) in [6.45, 7) is 0.970. The van der Waals surface area contributed by atoms with Crippen molar-refractivity contribution in [1.82, 2.24) is 5.32 Å². The average Bonchev–Trinajstić information content (AvgIpc) is 2.41. The average molecular weight is 359 g/mol. The summed E-state index contributed by atoms with van der Waals surface area (Å²) >= 11 is 9.49. The van der Waals surface area contributed by atoms with Gasteiger partial charge in [0.05, 0.1) is 0 Å². The molecule has 0 spiro atoms. The van der Waals surface area contributed by atoms with Gasteiger partial charge in [0.1, 0.15) is 18.2 Å². The molecule has 2 aromatic rings. The molecule has 0 aliphatic heterocycles. The molecule has 0 atom stereocenters. The Bertz CT molecular complexity index is 606. The zero-order valence-electron chi connectivity index (χ0n) is 10.9. The lowest BCUT2D eigenvalue weighted by atomic mass is 10.2. The Hall–Kier alpha value is -1.10. The van der Waals surface area contributed by atoms with Crippen molar-refractivity contribution in [3.63, 3.8) is 0 Å². The number of halogens is 3. The third-order valence-electron chi connectivity index (χ3n) is 2.83. The fraction of sp³-hybridized carbons (Fsp3) is 0.200. The largest absolute Gasteiger partial charge is 0.488 e. The van der Waals surface area contributed by atoms with Gasteiger partial charge >= 0.3 is 0 Å². The lowest BCUT2D eigenvalue weighted by molar-refractivity contribution is 0.301. The second-order valence-corrected chi connectivity index (χ2v) is 5.53. The molecule has 2 rings (SSSR count). The third-order valence-corrected chi connectivity index (χ3v) is 3.92. The number of hydrogen-bond donors (Lipinski definition) is 1. The number of nitrogens with one attached hydrogen (secondary N) is 1. The van der Waals surface area contributed by atoms with E-state index in [1.54, 1.807) is 6.07 Å². The van der Waals surface area contributed by atoms with Crippen LogP contribution in [0, 0.1) is 5.82 Å². The van der Waals surface area contributed by atoms with Gasteiger partial charge in [-0.25, -0.2) is 4.39 Å². The summed E-state index contributed by atoms with van der Waals surface area (Å²) in [6, 6.07) is 10.1. The summed E-state index contributed by atoms with van der Waals surface area (Å²) in [5.41, 5.74) is 1.79. The maximum atomic E-state index is 13.0. The first-order valence-electron chi connectivity index (χ1n) is 6.10. The molecule has 106 valence electrons. The molecular formula is C15H14BrClFNO. The highest BCUT2D eigenvalue weighted by molar-refractivity contribution is 9.10. The van der Waals surface area contributed by atoms with Crippen LogP contribution in [0.1, 0.15) is 11.1 Å². The highest BCUT2D eigenvalue weighted by Crippen LogP contribution is 2.28. The number of rotatable bonds is 5. The number of ether oxygens (including phenoxy) is 1. The Kier molecular flexibility index (Phi) is 5.40. The molecule has 0 fully saturated rings. The van der Waals surface area contributed by atoms with E-state index in [0.717, 1.165) is 16.9 Å². The minimum absolute atomic E-state index is 0.278. The maximum Gasteiger partial charge on any atom is 0.125 e. The van der Waals surface area contributed by atoms with Crippen LogP contribution in [0.4, 0.5) is 4.39 Å². The van der Waals surface area contributed by atoms with Crippen LogP contribution >= 0.6 is 27.5 Å². The summed E-state index contributed by atoms with van der Waals surface area (Å²) in [7, 11) is 1.85. The van der Waals surface area contributed by atoms with Gasteiger partial charge in [-0.05, 0) is 31.3 Å². The Morgan fingerprint density at radius 3 is 2.80 bits per heavy atom. The molecule has 0 aliphatic rings. The molecule has 1 N–H and O–H groups in total. The first-order chi connectivity index (χ1) is 9.61. The van der Waals surface area contributed by atoms with Gasteiger partial charge in [-0.1, -0.05) is 39.7 Å². The molecule has 0 aromatic heterocycles. The van der Waals surface area contributed by atoms with Crippen molar-refractivity contribution < 1.29 is 9.13 Å². The van der Waals surface area contributed by atoms with Gasteiger partial charge in [-0.15, -0.1) is 0 Å². The zero-order chi connectivity index (χ0) is 14.5. The van der Waals surface area contributed by atoms with Gasteiger partial charge in [-0.2, -0.15) is 0 Å². The van der Waals surface area contributed by atoms with Gasteiger partial charge in [0.25, 0.3) is 0 Å². The van der Waals surface area contributed by atoms with E-state index in [1.165, 1.54) is 12.1 Å². The first-order valence-corrected chi connectivity index (χ1v) is 7.27. The lowest BCUT2D eigenvalue weighted by Crippen LogP contribution is -2.08. The van der Waals surface area contributed by atoms with E-state index in [9.17, 15) is 4.39 Å². The maximum absolute atomic E-state index is 13.0. The van der Waals surface area contributed by atoms with E-state index < -0.39 is 0 Å². The van der Waals surface area contributed by atoms with E-state index >= 15 is 0 Å². The smallest absolute Gasteiger partial charge is 0.125 e. The van der Waals surface area contributed by atoms with Gasteiger partial charge < -0.3 is 10.1 Å². The predicted molar refractivity (Wildman–Crippen MR) is 82.6 cm³/mol. The van der Waals surface area contributed by atoms with Crippen LogP contribution in [0.15, 0.2) is 40.9 Å². The monoisotopic (exact) mass is 357 g/mol. The second-order valence-electron chi connectivity index (χ2n) is 4.27. The molecule has 0 saturated heterocycles. The number of benzene rings is 2. The Balaban J connectivity index is 2.16. The van der Waals surface area contributed by atoms with Crippen LogP contribution in [-0.2, 0) is 13.2 Å². The SMILES string of the molecule is CNCc1c(Cl)cccc1OCc1ccc(F)cc1Br. The summed E-state index contributed by atoms with van der Waals surface area (Å²) < 4.78 is 19.5. The van der Waals surface area contributed by atoms with Crippen LogP contribution in [0.5, 0.6) is 5.75 Å². The minimum Gasteiger partial charge on any atom is -0.488 e. The van der Waals surface area contributed by atoms with Crippen LogP contribution in [-0.4, -0.2) is 7.05 Å². The summed E-state index contributed by atoms with van der Waals surface area (Å²) in [5, 5.41) is 3.72. The van der Waals surface area contributed by atoms with Crippen molar-refractivity contribution in [2.45, 2.75) is 13.2 Å². The fourth-order valence-corrected chi connectivity index (χ4v) is 2.51. The standard InChI is InChI=1S/C15H14BrClFNO/c1-19-8-12-14(17)3-2-4-15(12)20-9-10-5-6-11(18)7-13(10)16/h2-7,19H,8-9H2,1H3. The van der Waals surface area contributed by atoms with Crippen molar-refractivity contribution in [1.29, 1.82) is 0 Å². The van der Waals surface area contributed by atoms with Crippen molar-refractivity contribution in [3.05, 3.63) is 62.8 Å². The molecule has 2 nitrogen and oxygen atoms in total. The molecule has 20 heavy (non-hydrogen) atoms. The molecule has 0 radical (unpaired) electrons. The van der Waals surface area contributed by atoms with Crippen molar-refractivity contribution >= 4 is 27.5 Å². The van der Waals surface area contributed by atoms with Gasteiger partial charge in [0.15, 0.2) is 0 Å². The van der Waals surface area contributed by atoms with Crippen LogP contribution in [0.25, 0.3) is 0 Å². The quantitative estimate of drug-likeness (QED) is 0.847. The van der Waals surface area contributed by atoms with E-state index in [-0.39, 0.29) is 5.82 Å². The Morgan fingerprint density at radius 2 is 2.10 bits per heavy atom. The first kappa shape index (κ1) is 15.3. The molecule has 0 bridgehead atoms. The lowest BCUT2D eigenvalue weighted by Gasteiger charge is -2.13. The summed E-state index contributed by atoms with van der Waals surface area (Å²) in [6.07, 6.45) is 0. The van der Waals surface area contributed by atoms with Gasteiger partial charge in [-0.3, -0.25) is 0 Å². The molecular weight excluding hydrogens is 345 g/mol. The van der Waals surface area contributed by atoms with E-state index in [2.05, 4.69) is 21.2 Å². The molecule has 2 aromatic carbocycles. The molecule has 5 heteroatoms. The molecule has 0 unspecified atom stereocenters. The van der Waals surface area contributed by atoms with Gasteiger partial charge in [0.2, 0.25) is 0 Å². The zero-order valence-corrected chi connectivity index (χ0v) is 13.3. The summed E-state index contributed by atoms with van der Waals surface area (Å²) in [5.74, 6) is 0.447. The topological polar surface area (TPSA) is 21.3 Å². The highest BCUT2D eigenvalue weighted by atomic mass is 79.9. The van der Waals surface area contributed by atoms with Gasteiger partial charge in [0, 0.05) is 27.2 Å². The summed E-state index contributed by atoms with van der Waals surface area (Å²) in [4.78, 5) is 0. The molecule has 0 heterocycles. The third kappa shape index (κ3) is 3.72.